The number of carbonyl (C=O) groups is 1. The molecule has 3 aromatic carbocycles. The first-order valence-electron chi connectivity index (χ1n) is 8.16. The second kappa shape index (κ2) is 5.71. The molecule has 26 heavy (non-hydrogen) atoms. The summed E-state index contributed by atoms with van der Waals surface area (Å²) in [6, 6.07) is 17.5. The van der Waals surface area contributed by atoms with Gasteiger partial charge in [-0.3, -0.25) is 4.79 Å². The Morgan fingerprint density at radius 3 is 2.65 bits per heavy atom. The second-order valence-electron chi connectivity index (χ2n) is 6.10. The van der Waals surface area contributed by atoms with Gasteiger partial charge in [0, 0.05) is 24.7 Å². The predicted molar refractivity (Wildman–Crippen MR) is 101 cm³/mol. The molecule has 1 aliphatic rings. The van der Waals surface area contributed by atoms with Gasteiger partial charge in [-0.05, 0) is 22.9 Å². The van der Waals surface area contributed by atoms with E-state index in [9.17, 15) is 4.79 Å². The fourth-order valence-electron chi connectivity index (χ4n) is 3.10. The summed E-state index contributed by atoms with van der Waals surface area (Å²) < 4.78 is 13.8. The van der Waals surface area contributed by atoms with Crippen molar-refractivity contribution >= 4 is 38.2 Å². The van der Waals surface area contributed by atoms with Crippen LogP contribution in [0.25, 0.3) is 21.0 Å². The number of thiazole rings is 1. The van der Waals surface area contributed by atoms with E-state index in [1.807, 2.05) is 66.2 Å². The molecule has 0 atom stereocenters. The van der Waals surface area contributed by atoms with Crippen LogP contribution >= 0.6 is 11.3 Å². The molecule has 0 aliphatic carbocycles. The van der Waals surface area contributed by atoms with Crippen LogP contribution in [0.2, 0.25) is 0 Å². The topological polar surface area (TPSA) is 52.8 Å². The monoisotopic (exact) mass is 362 g/mol. The van der Waals surface area contributed by atoms with Crippen molar-refractivity contribution in [3.8, 4) is 11.5 Å². The second-order valence-corrected chi connectivity index (χ2v) is 7.10. The van der Waals surface area contributed by atoms with Crippen LogP contribution in [0, 0.1) is 0 Å². The Kier molecular flexibility index (Phi) is 3.33. The van der Waals surface area contributed by atoms with Crippen molar-refractivity contribution in [1.29, 1.82) is 0 Å². The zero-order valence-electron chi connectivity index (χ0n) is 13.9. The van der Waals surface area contributed by atoms with Gasteiger partial charge in [-0.2, -0.15) is 4.99 Å². The highest BCUT2D eigenvalue weighted by molar-refractivity contribution is 7.16. The molecule has 0 bridgehead atoms. The van der Waals surface area contributed by atoms with Gasteiger partial charge in [0.1, 0.15) is 0 Å². The average Bonchev–Trinajstić information content (AvgIpc) is 3.24. The summed E-state index contributed by atoms with van der Waals surface area (Å²) in [5.41, 5.74) is 1.54. The molecule has 1 aliphatic heterocycles. The Hall–Kier alpha value is -3.12. The van der Waals surface area contributed by atoms with Gasteiger partial charge in [-0.1, -0.05) is 41.7 Å². The van der Waals surface area contributed by atoms with E-state index in [1.165, 1.54) is 11.3 Å². The predicted octanol–water partition coefficient (Wildman–Crippen LogP) is 3.86. The lowest BCUT2D eigenvalue weighted by Gasteiger charge is -2.00. The number of rotatable bonds is 1. The first-order valence-corrected chi connectivity index (χ1v) is 8.98. The van der Waals surface area contributed by atoms with Crippen molar-refractivity contribution in [3.63, 3.8) is 0 Å². The highest BCUT2D eigenvalue weighted by atomic mass is 32.1. The lowest BCUT2D eigenvalue weighted by molar-refractivity contribution is 0.0998. The van der Waals surface area contributed by atoms with E-state index in [4.69, 9.17) is 9.47 Å². The first-order chi connectivity index (χ1) is 12.7. The molecule has 0 saturated carbocycles. The molecular formula is C20H14N2O3S. The van der Waals surface area contributed by atoms with Crippen LogP contribution in [0.3, 0.4) is 0 Å². The standard InChI is InChI=1S/C20H14N2O3S/c1-22-15-9-16-17(25-11-24-16)10-18(15)26-20(22)21-19(23)14-7-6-12-4-2-3-5-13(12)8-14/h2-10H,11H2,1H3. The molecule has 2 heterocycles. The highest BCUT2D eigenvalue weighted by Crippen LogP contribution is 2.36. The molecule has 4 aromatic rings. The number of hydrogen-bond donors (Lipinski definition) is 0. The number of fused-ring (bicyclic) bond motifs is 3. The third-order valence-corrected chi connectivity index (χ3v) is 5.59. The summed E-state index contributed by atoms with van der Waals surface area (Å²) in [4.78, 5) is 17.6. The number of aromatic nitrogens is 1. The maximum Gasteiger partial charge on any atom is 0.279 e. The normalized spacial score (nSPS) is 13.7. The summed E-state index contributed by atoms with van der Waals surface area (Å²) in [7, 11) is 1.90. The largest absolute Gasteiger partial charge is 0.454 e. The van der Waals surface area contributed by atoms with E-state index < -0.39 is 0 Å². The summed E-state index contributed by atoms with van der Waals surface area (Å²) >= 11 is 1.46. The number of hydrogen-bond acceptors (Lipinski definition) is 4. The molecular weight excluding hydrogens is 348 g/mol. The maximum atomic E-state index is 12.7. The summed E-state index contributed by atoms with van der Waals surface area (Å²) in [6.45, 7) is 0.244. The first kappa shape index (κ1) is 15.2. The van der Waals surface area contributed by atoms with Gasteiger partial charge < -0.3 is 14.0 Å². The average molecular weight is 362 g/mol. The molecule has 0 spiro atoms. The van der Waals surface area contributed by atoms with Crippen molar-refractivity contribution in [2.45, 2.75) is 0 Å². The van der Waals surface area contributed by atoms with Crippen molar-refractivity contribution in [3.05, 3.63) is 65.0 Å². The van der Waals surface area contributed by atoms with Gasteiger partial charge in [0.2, 0.25) is 6.79 Å². The number of amides is 1. The third-order valence-electron chi connectivity index (χ3n) is 4.50. The molecule has 0 fully saturated rings. The van der Waals surface area contributed by atoms with Crippen LogP contribution < -0.4 is 14.3 Å². The van der Waals surface area contributed by atoms with Gasteiger partial charge in [0.25, 0.3) is 5.91 Å². The smallest absolute Gasteiger partial charge is 0.279 e. The Morgan fingerprint density at radius 1 is 1.04 bits per heavy atom. The minimum Gasteiger partial charge on any atom is -0.454 e. The van der Waals surface area contributed by atoms with E-state index >= 15 is 0 Å². The molecule has 5 nitrogen and oxygen atoms in total. The number of ether oxygens (including phenoxy) is 2. The summed E-state index contributed by atoms with van der Waals surface area (Å²) in [5.74, 6) is 1.20. The molecule has 0 unspecified atom stereocenters. The molecule has 5 rings (SSSR count). The molecule has 6 heteroatoms. The van der Waals surface area contributed by atoms with E-state index in [-0.39, 0.29) is 12.7 Å². The SMILES string of the molecule is Cn1c(=NC(=O)c2ccc3ccccc3c2)sc2cc3c(cc21)OCO3. The minimum atomic E-state index is -0.252. The Bertz CT molecular complexity index is 1250. The zero-order chi connectivity index (χ0) is 17.7. The molecule has 0 radical (unpaired) electrons. The summed E-state index contributed by atoms with van der Waals surface area (Å²) in [5, 5.41) is 2.13. The number of carbonyl (C=O) groups excluding carboxylic acids is 1. The third kappa shape index (κ3) is 2.38. The Labute approximate surface area is 152 Å². The van der Waals surface area contributed by atoms with Crippen molar-refractivity contribution in [2.24, 2.45) is 12.0 Å². The van der Waals surface area contributed by atoms with Gasteiger partial charge in [0.15, 0.2) is 16.3 Å². The van der Waals surface area contributed by atoms with E-state index in [0.29, 0.717) is 10.4 Å². The van der Waals surface area contributed by atoms with Crippen molar-refractivity contribution in [2.75, 3.05) is 6.79 Å². The van der Waals surface area contributed by atoms with Crippen LogP contribution in [0.4, 0.5) is 0 Å². The van der Waals surface area contributed by atoms with Crippen LogP contribution in [-0.2, 0) is 7.05 Å². The molecule has 1 aromatic heterocycles. The van der Waals surface area contributed by atoms with Gasteiger partial charge in [-0.25, -0.2) is 0 Å². The van der Waals surface area contributed by atoms with E-state index in [1.54, 1.807) is 0 Å². The lowest BCUT2D eigenvalue weighted by Crippen LogP contribution is -2.13. The Balaban J connectivity index is 1.60. The number of benzene rings is 3. The molecule has 1 amide bonds. The van der Waals surface area contributed by atoms with Crippen LogP contribution in [0.15, 0.2) is 59.6 Å². The van der Waals surface area contributed by atoms with Crippen LogP contribution in [0.1, 0.15) is 10.4 Å². The van der Waals surface area contributed by atoms with E-state index in [0.717, 1.165) is 32.5 Å². The van der Waals surface area contributed by atoms with Gasteiger partial charge in [-0.15, -0.1) is 0 Å². The highest BCUT2D eigenvalue weighted by Gasteiger charge is 2.17. The van der Waals surface area contributed by atoms with Crippen molar-refractivity contribution < 1.29 is 14.3 Å². The zero-order valence-corrected chi connectivity index (χ0v) is 14.7. The maximum absolute atomic E-state index is 12.7. The van der Waals surface area contributed by atoms with Crippen molar-refractivity contribution in [1.82, 2.24) is 4.57 Å². The molecule has 0 N–H and O–H groups in total. The number of aryl methyl sites for hydroxylation is 1. The van der Waals surface area contributed by atoms with Gasteiger partial charge in [0.05, 0.1) is 10.2 Å². The van der Waals surface area contributed by atoms with Crippen LogP contribution in [0.5, 0.6) is 11.5 Å². The number of nitrogens with zero attached hydrogens (tertiary/aromatic N) is 2. The molecule has 128 valence electrons. The Morgan fingerprint density at radius 2 is 1.81 bits per heavy atom. The van der Waals surface area contributed by atoms with E-state index in [2.05, 4.69) is 4.99 Å². The van der Waals surface area contributed by atoms with Gasteiger partial charge >= 0.3 is 0 Å². The fourth-order valence-corrected chi connectivity index (χ4v) is 4.12. The summed E-state index contributed by atoms with van der Waals surface area (Å²) in [6.07, 6.45) is 0. The van der Waals surface area contributed by atoms with Crippen LogP contribution in [-0.4, -0.2) is 17.3 Å². The molecule has 0 saturated heterocycles. The lowest BCUT2D eigenvalue weighted by atomic mass is 10.1. The quantitative estimate of drug-likeness (QED) is 0.517. The fraction of sp³-hybridized carbons (Fsp3) is 0.100. The minimum absolute atomic E-state index is 0.244.